The molecule has 1 aliphatic carbocycles. The molecule has 0 aromatic carbocycles. The largest absolute Gasteiger partial charge is 0.333 e. The number of rotatable bonds is 3. The maximum atomic E-state index is 13.0. The summed E-state index contributed by atoms with van der Waals surface area (Å²) >= 11 is 0. The summed E-state index contributed by atoms with van der Waals surface area (Å²) in [5, 5.41) is 4.70. The minimum atomic E-state index is -0.0983. The van der Waals surface area contributed by atoms with Gasteiger partial charge in [0.15, 0.2) is 5.69 Å². The third kappa shape index (κ3) is 3.77. The molecule has 3 rings (SSSR count). The molecule has 2 unspecified atom stereocenters. The van der Waals surface area contributed by atoms with E-state index < -0.39 is 0 Å². The van der Waals surface area contributed by atoms with E-state index in [1.54, 1.807) is 0 Å². The first-order chi connectivity index (χ1) is 10.8. The van der Waals surface area contributed by atoms with Crippen molar-refractivity contribution in [1.29, 1.82) is 0 Å². The summed E-state index contributed by atoms with van der Waals surface area (Å²) in [4.78, 5) is 15.0. The van der Waals surface area contributed by atoms with E-state index in [2.05, 4.69) is 25.5 Å². The van der Waals surface area contributed by atoms with E-state index in [0.29, 0.717) is 11.6 Å². The summed E-state index contributed by atoms with van der Waals surface area (Å²) in [5.41, 5.74) is 7.83. The second kappa shape index (κ2) is 7.04. The van der Waals surface area contributed by atoms with Crippen LogP contribution in [0.4, 0.5) is 0 Å². The van der Waals surface area contributed by atoms with E-state index in [0.717, 1.165) is 25.8 Å². The molecule has 2 N–H and O–H groups in total. The number of amides is 1. The van der Waals surface area contributed by atoms with Crippen LogP contribution in [0.3, 0.4) is 0 Å². The molecule has 2 heterocycles. The fourth-order valence-corrected chi connectivity index (χ4v) is 3.61. The standard InChI is InChI=1S/C18H30N4O.ClH/c1-12(19)15-7-5-6-10-21(15)17(23)14-11-16(13-8-9-13)22(20-14)18(2,3)4;/h11-13,15H,5-10,19H2,1-4H3;1H. The van der Waals surface area contributed by atoms with Crippen molar-refractivity contribution in [2.45, 2.75) is 83.3 Å². The molecule has 1 amide bonds. The molecule has 6 heteroatoms. The average Bonchev–Trinajstić information content (AvgIpc) is 3.23. The fraction of sp³-hybridized carbons (Fsp3) is 0.778. The number of hydrogen-bond acceptors (Lipinski definition) is 3. The Morgan fingerprint density at radius 3 is 2.50 bits per heavy atom. The SMILES string of the molecule is CC(N)C1CCCCN1C(=O)c1cc(C2CC2)n(C(C)(C)C)n1.Cl. The number of piperidine rings is 1. The number of aromatic nitrogens is 2. The molecule has 1 saturated carbocycles. The van der Waals surface area contributed by atoms with Crippen LogP contribution in [0.5, 0.6) is 0 Å². The van der Waals surface area contributed by atoms with Crippen molar-refractivity contribution in [3.8, 4) is 0 Å². The van der Waals surface area contributed by atoms with Crippen LogP contribution >= 0.6 is 12.4 Å². The summed E-state index contributed by atoms with van der Waals surface area (Å²) in [7, 11) is 0. The maximum Gasteiger partial charge on any atom is 0.274 e. The quantitative estimate of drug-likeness (QED) is 0.905. The predicted octanol–water partition coefficient (Wildman–Crippen LogP) is 3.28. The predicted molar refractivity (Wildman–Crippen MR) is 98.8 cm³/mol. The Morgan fingerprint density at radius 2 is 1.96 bits per heavy atom. The lowest BCUT2D eigenvalue weighted by Crippen LogP contribution is -2.51. The van der Waals surface area contributed by atoms with Crippen LogP contribution in [0.25, 0.3) is 0 Å². The van der Waals surface area contributed by atoms with E-state index in [1.165, 1.54) is 18.5 Å². The van der Waals surface area contributed by atoms with Crippen molar-refractivity contribution in [2.75, 3.05) is 6.54 Å². The Morgan fingerprint density at radius 1 is 1.29 bits per heavy atom. The van der Waals surface area contributed by atoms with Gasteiger partial charge in [-0.1, -0.05) is 0 Å². The van der Waals surface area contributed by atoms with Crippen LogP contribution in [0.15, 0.2) is 6.07 Å². The molecule has 0 spiro atoms. The molecule has 1 aromatic rings. The molecular weight excluding hydrogens is 324 g/mol. The van der Waals surface area contributed by atoms with Crippen LogP contribution in [0, 0.1) is 0 Å². The van der Waals surface area contributed by atoms with Crippen molar-refractivity contribution in [3.63, 3.8) is 0 Å². The van der Waals surface area contributed by atoms with Gasteiger partial charge in [-0.15, -0.1) is 12.4 Å². The normalized spacial score (nSPS) is 22.9. The van der Waals surface area contributed by atoms with Crippen LogP contribution in [0.1, 0.15) is 81.9 Å². The Labute approximate surface area is 151 Å². The van der Waals surface area contributed by atoms with E-state index in [4.69, 9.17) is 10.8 Å². The Bertz CT molecular complexity index is 586. The number of nitrogens with two attached hydrogens (primary N) is 1. The average molecular weight is 355 g/mol. The molecule has 1 aromatic heterocycles. The molecule has 136 valence electrons. The highest BCUT2D eigenvalue weighted by atomic mass is 35.5. The van der Waals surface area contributed by atoms with Crippen molar-refractivity contribution in [2.24, 2.45) is 5.73 Å². The zero-order valence-electron chi connectivity index (χ0n) is 15.3. The maximum absolute atomic E-state index is 13.0. The van der Waals surface area contributed by atoms with Gasteiger partial charge in [0.05, 0.1) is 5.54 Å². The summed E-state index contributed by atoms with van der Waals surface area (Å²) in [6.07, 6.45) is 5.63. The first-order valence-corrected chi connectivity index (χ1v) is 8.96. The van der Waals surface area contributed by atoms with Gasteiger partial charge in [0, 0.05) is 30.2 Å². The first kappa shape index (κ1) is 19.3. The van der Waals surface area contributed by atoms with Crippen molar-refractivity contribution in [1.82, 2.24) is 14.7 Å². The van der Waals surface area contributed by atoms with Crippen molar-refractivity contribution >= 4 is 18.3 Å². The second-order valence-corrected chi connectivity index (χ2v) is 8.23. The lowest BCUT2D eigenvalue weighted by Gasteiger charge is -2.37. The van der Waals surface area contributed by atoms with E-state index in [1.807, 2.05) is 17.9 Å². The lowest BCUT2D eigenvalue weighted by atomic mass is 9.96. The summed E-state index contributed by atoms with van der Waals surface area (Å²) in [6, 6.07) is 2.17. The van der Waals surface area contributed by atoms with E-state index >= 15 is 0 Å². The monoisotopic (exact) mass is 354 g/mol. The molecule has 5 nitrogen and oxygen atoms in total. The minimum Gasteiger partial charge on any atom is -0.333 e. The summed E-state index contributed by atoms with van der Waals surface area (Å²) in [5.74, 6) is 0.630. The summed E-state index contributed by atoms with van der Waals surface area (Å²) < 4.78 is 2.06. The van der Waals surface area contributed by atoms with Gasteiger partial charge in [-0.2, -0.15) is 5.10 Å². The second-order valence-electron chi connectivity index (χ2n) is 8.23. The number of nitrogens with zero attached hydrogens (tertiary/aromatic N) is 3. The van der Waals surface area contributed by atoms with Gasteiger partial charge >= 0.3 is 0 Å². The van der Waals surface area contributed by atoms with Gasteiger partial charge in [0.1, 0.15) is 0 Å². The molecule has 1 saturated heterocycles. The highest BCUT2D eigenvalue weighted by Crippen LogP contribution is 2.42. The molecule has 0 bridgehead atoms. The highest BCUT2D eigenvalue weighted by molar-refractivity contribution is 5.92. The number of halogens is 1. The molecular formula is C18H31ClN4O. The van der Waals surface area contributed by atoms with E-state index in [-0.39, 0.29) is 35.9 Å². The first-order valence-electron chi connectivity index (χ1n) is 8.96. The van der Waals surface area contributed by atoms with Gasteiger partial charge < -0.3 is 10.6 Å². The number of hydrogen-bond donors (Lipinski definition) is 1. The Hall–Kier alpha value is -1.07. The third-order valence-electron chi connectivity index (χ3n) is 5.00. The Balaban J connectivity index is 0.00000208. The van der Waals surface area contributed by atoms with Crippen LogP contribution in [0.2, 0.25) is 0 Å². The molecule has 24 heavy (non-hydrogen) atoms. The zero-order chi connectivity index (χ0) is 16.8. The summed E-state index contributed by atoms with van der Waals surface area (Å²) in [6.45, 7) is 9.23. The fourth-order valence-electron chi connectivity index (χ4n) is 3.61. The van der Waals surface area contributed by atoms with Gasteiger partial charge in [0.25, 0.3) is 5.91 Å². The highest BCUT2D eigenvalue weighted by Gasteiger charge is 2.35. The smallest absolute Gasteiger partial charge is 0.274 e. The molecule has 1 aliphatic heterocycles. The topological polar surface area (TPSA) is 64.2 Å². The molecule has 2 fully saturated rings. The lowest BCUT2D eigenvalue weighted by molar-refractivity contribution is 0.0576. The molecule has 2 atom stereocenters. The third-order valence-corrected chi connectivity index (χ3v) is 5.00. The number of carbonyl (C=O) groups is 1. The number of likely N-dealkylation sites (tertiary alicyclic amines) is 1. The minimum absolute atomic E-state index is 0. The zero-order valence-corrected chi connectivity index (χ0v) is 16.1. The van der Waals surface area contributed by atoms with Gasteiger partial charge in [-0.3, -0.25) is 9.48 Å². The Kier molecular flexibility index (Phi) is 5.65. The number of carbonyl (C=O) groups excluding carboxylic acids is 1. The van der Waals surface area contributed by atoms with Gasteiger partial charge in [-0.05, 0) is 65.9 Å². The van der Waals surface area contributed by atoms with Crippen LogP contribution in [-0.4, -0.2) is 39.2 Å². The van der Waals surface area contributed by atoms with E-state index in [9.17, 15) is 4.79 Å². The molecule has 0 radical (unpaired) electrons. The molecule has 2 aliphatic rings. The van der Waals surface area contributed by atoms with Crippen molar-refractivity contribution < 1.29 is 4.79 Å². The van der Waals surface area contributed by atoms with Gasteiger partial charge in [-0.25, -0.2) is 0 Å². The van der Waals surface area contributed by atoms with Gasteiger partial charge in [0.2, 0.25) is 0 Å². The van der Waals surface area contributed by atoms with Crippen LogP contribution < -0.4 is 5.73 Å². The van der Waals surface area contributed by atoms with Crippen molar-refractivity contribution in [3.05, 3.63) is 17.5 Å². The van der Waals surface area contributed by atoms with Crippen LogP contribution in [-0.2, 0) is 5.54 Å².